The van der Waals surface area contributed by atoms with Crippen molar-refractivity contribution < 1.29 is 14.7 Å². The summed E-state index contributed by atoms with van der Waals surface area (Å²) in [5, 5.41) is 22.3. The number of carboxylic acid groups (broad SMARTS) is 1. The molecule has 2 N–H and O–H groups in total. The fraction of sp³-hybridized carbons (Fsp3) is 0.308. The van der Waals surface area contributed by atoms with Crippen molar-refractivity contribution in [1.82, 2.24) is 25.1 Å². The molecule has 1 aromatic heterocycles. The second kappa shape index (κ2) is 6.66. The lowest BCUT2D eigenvalue weighted by Crippen LogP contribution is -2.33. The molecular weight excluding hydrogens is 288 g/mol. The van der Waals surface area contributed by atoms with Crippen LogP contribution in [0.3, 0.4) is 0 Å². The van der Waals surface area contributed by atoms with E-state index in [4.69, 9.17) is 5.11 Å². The number of aryl methyl sites for hydroxylation is 1. The molecule has 0 bridgehead atoms. The Morgan fingerprint density at radius 2 is 2.18 bits per heavy atom. The predicted octanol–water partition coefficient (Wildman–Crippen LogP) is 0.909. The molecule has 22 heavy (non-hydrogen) atoms. The van der Waals surface area contributed by atoms with Crippen molar-refractivity contribution in [3.8, 4) is 5.69 Å². The van der Waals surface area contributed by atoms with E-state index < -0.39 is 5.97 Å². The number of hydrogen-bond donors (Lipinski definition) is 2. The molecule has 2 amide bonds. The van der Waals surface area contributed by atoms with Crippen molar-refractivity contribution in [2.45, 2.75) is 13.3 Å². The average molecular weight is 304 g/mol. The lowest BCUT2D eigenvalue weighted by molar-refractivity contribution is -0.137. The minimum Gasteiger partial charge on any atom is -0.481 e. The molecule has 2 rings (SSSR count). The molecule has 0 radical (unpaired) electrons. The molecule has 0 aliphatic carbocycles. The number of nitrogens with zero attached hydrogens (tertiary/aromatic N) is 5. The van der Waals surface area contributed by atoms with E-state index in [9.17, 15) is 9.59 Å². The summed E-state index contributed by atoms with van der Waals surface area (Å²) in [4.78, 5) is 23.9. The second-order valence-electron chi connectivity index (χ2n) is 4.75. The first-order chi connectivity index (χ1) is 10.5. The van der Waals surface area contributed by atoms with E-state index in [0.29, 0.717) is 11.4 Å². The van der Waals surface area contributed by atoms with Crippen molar-refractivity contribution in [3.63, 3.8) is 0 Å². The van der Waals surface area contributed by atoms with Crippen molar-refractivity contribution in [3.05, 3.63) is 30.1 Å². The molecule has 9 nitrogen and oxygen atoms in total. The molecule has 0 fully saturated rings. The van der Waals surface area contributed by atoms with Gasteiger partial charge < -0.3 is 15.3 Å². The van der Waals surface area contributed by atoms with Gasteiger partial charge in [0.05, 0.1) is 12.1 Å². The Labute approximate surface area is 126 Å². The van der Waals surface area contributed by atoms with Crippen LogP contribution in [0.2, 0.25) is 0 Å². The molecule has 0 spiro atoms. The maximum Gasteiger partial charge on any atom is 0.321 e. The lowest BCUT2D eigenvalue weighted by atomic mass is 10.2. The van der Waals surface area contributed by atoms with Gasteiger partial charge in [0.15, 0.2) is 0 Å². The Kier molecular flexibility index (Phi) is 4.66. The van der Waals surface area contributed by atoms with Crippen LogP contribution in [0.15, 0.2) is 24.5 Å². The number of carboxylic acids is 1. The van der Waals surface area contributed by atoms with E-state index in [1.807, 2.05) is 19.1 Å². The molecule has 1 aromatic carbocycles. The highest BCUT2D eigenvalue weighted by Gasteiger charge is 2.12. The Balaban J connectivity index is 2.10. The number of aliphatic carboxylic acids is 1. The van der Waals surface area contributed by atoms with Gasteiger partial charge in [-0.15, -0.1) is 5.10 Å². The third kappa shape index (κ3) is 3.78. The molecule has 0 unspecified atom stereocenters. The zero-order valence-electron chi connectivity index (χ0n) is 12.2. The third-order valence-electron chi connectivity index (χ3n) is 3.08. The van der Waals surface area contributed by atoms with E-state index in [0.717, 1.165) is 5.56 Å². The van der Waals surface area contributed by atoms with E-state index in [2.05, 4.69) is 20.8 Å². The van der Waals surface area contributed by atoms with Crippen molar-refractivity contribution in [1.29, 1.82) is 0 Å². The second-order valence-corrected chi connectivity index (χ2v) is 4.75. The van der Waals surface area contributed by atoms with Gasteiger partial charge in [-0.2, -0.15) is 0 Å². The fourth-order valence-electron chi connectivity index (χ4n) is 1.74. The summed E-state index contributed by atoms with van der Waals surface area (Å²) in [5.74, 6) is -0.948. The van der Waals surface area contributed by atoms with Crippen LogP contribution in [0.5, 0.6) is 0 Å². The first-order valence-corrected chi connectivity index (χ1v) is 6.55. The summed E-state index contributed by atoms with van der Waals surface area (Å²) in [5.41, 5.74) is 2.19. The van der Waals surface area contributed by atoms with Crippen LogP contribution >= 0.6 is 0 Å². The molecule has 2 aromatic rings. The van der Waals surface area contributed by atoms with Gasteiger partial charge in [-0.05, 0) is 35.0 Å². The first kappa shape index (κ1) is 15.4. The summed E-state index contributed by atoms with van der Waals surface area (Å²) >= 11 is 0. The summed E-state index contributed by atoms with van der Waals surface area (Å²) in [6.45, 7) is 1.99. The van der Waals surface area contributed by atoms with Crippen LogP contribution in [0.4, 0.5) is 10.5 Å². The number of aromatic nitrogens is 4. The number of amides is 2. The minimum atomic E-state index is -0.948. The highest BCUT2D eigenvalue weighted by molar-refractivity contribution is 5.90. The number of rotatable bonds is 5. The summed E-state index contributed by atoms with van der Waals surface area (Å²) < 4.78 is 1.48. The molecule has 0 atom stereocenters. The number of carbonyl (C=O) groups is 2. The molecule has 1 heterocycles. The standard InChI is InChI=1S/C13H16N6O3/c1-9-3-4-10(19-8-14-16-17-19)7-11(9)15-13(22)18(2)6-5-12(20)21/h3-4,7-8H,5-6H2,1-2H3,(H,15,22)(H,20,21). The van der Waals surface area contributed by atoms with E-state index in [1.54, 1.807) is 13.1 Å². The average Bonchev–Trinajstić information content (AvgIpc) is 3.01. The maximum absolute atomic E-state index is 12.0. The van der Waals surface area contributed by atoms with Gasteiger partial charge >= 0.3 is 12.0 Å². The predicted molar refractivity (Wildman–Crippen MR) is 77.8 cm³/mol. The maximum atomic E-state index is 12.0. The van der Waals surface area contributed by atoms with Crippen LogP contribution < -0.4 is 5.32 Å². The molecule has 0 saturated heterocycles. The van der Waals surface area contributed by atoms with Gasteiger partial charge in [0, 0.05) is 19.3 Å². The number of nitrogens with one attached hydrogen (secondary N) is 1. The monoisotopic (exact) mass is 304 g/mol. The number of urea groups is 1. The van der Waals surface area contributed by atoms with Crippen LogP contribution in [0.25, 0.3) is 5.69 Å². The number of benzene rings is 1. The van der Waals surface area contributed by atoms with Crippen molar-refractivity contribution in [2.75, 3.05) is 18.9 Å². The van der Waals surface area contributed by atoms with Gasteiger partial charge in [-0.1, -0.05) is 6.07 Å². The van der Waals surface area contributed by atoms with Gasteiger partial charge in [-0.25, -0.2) is 9.48 Å². The molecule has 0 saturated carbocycles. The Morgan fingerprint density at radius 3 is 2.82 bits per heavy atom. The molecule has 0 aliphatic heterocycles. The van der Waals surface area contributed by atoms with E-state index >= 15 is 0 Å². The smallest absolute Gasteiger partial charge is 0.321 e. The Bertz CT molecular complexity index is 670. The topological polar surface area (TPSA) is 113 Å². The van der Waals surface area contributed by atoms with Crippen LogP contribution in [0.1, 0.15) is 12.0 Å². The SMILES string of the molecule is Cc1ccc(-n2cnnn2)cc1NC(=O)N(C)CCC(=O)O. The van der Waals surface area contributed by atoms with Crippen molar-refractivity contribution in [2.24, 2.45) is 0 Å². The van der Waals surface area contributed by atoms with E-state index in [1.165, 1.54) is 15.9 Å². The third-order valence-corrected chi connectivity index (χ3v) is 3.08. The van der Waals surface area contributed by atoms with Crippen LogP contribution in [-0.2, 0) is 4.79 Å². The number of anilines is 1. The van der Waals surface area contributed by atoms with Gasteiger partial charge in [0.2, 0.25) is 0 Å². The summed E-state index contributed by atoms with van der Waals surface area (Å²) in [7, 11) is 1.54. The zero-order valence-corrected chi connectivity index (χ0v) is 12.2. The normalized spacial score (nSPS) is 10.3. The quantitative estimate of drug-likeness (QED) is 0.848. The summed E-state index contributed by atoms with van der Waals surface area (Å²) in [6.07, 6.45) is 1.35. The first-order valence-electron chi connectivity index (χ1n) is 6.55. The van der Waals surface area contributed by atoms with Crippen molar-refractivity contribution >= 4 is 17.7 Å². The highest BCUT2D eigenvalue weighted by atomic mass is 16.4. The lowest BCUT2D eigenvalue weighted by Gasteiger charge is -2.18. The van der Waals surface area contributed by atoms with Gasteiger partial charge in [0.1, 0.15) is 6.33 Å². The molecular formula is C13H16N6O3. The van der Waals surface area contributed by atoms with E-state index in [-0.39, 0.29) is 19.0 Å². The Morgan fingerprint density at radius 1 is 1.41 bits per heavy atom. The number of hydrogen-bond acceptors (Lipinski definition) is 5. The molecule has 116 valence electrons. The number of tetrazole rings is 1. The molecule has 0 aliphatic rings. The molecule has 9 heteroatoms. The fourth-order valence-corrected chi connectivity index (χ4v) is 1.74. The van der Waals surface area contributed by atoms with Crippen LogP contribution in [0, 0.1) is 6.92 Å². The zero-order chi connectivity index (χ0) is 16.1. The highest BCUT2D eigenvalue weighted by Crippen LogP contribution is 2.19. The minimum absolute atomic E-state index is 0.104. The largest absolute Gasteiger partial charge is 0.481 e. The van der Waals surface area contributed by atoms with Gasteiger partial charge in [0.25, 0.3) is 0 Å². The number of carbonyl (C=O) groups excluding carboxylic acids is 1. The van der Waals surface area contributed by atoms with Gasteiger partial charge in [-0.3, -0.25) is 4.79 Å². The Hall–Kier alpha value is -2.97. The van der Waals surface area contributed by atoms with Crippen LogP contribution in [-0.4, -0.2) is 55.8 Å². The summed E-state index contributed by atoms with van der Waals surface area (Å²) in [6, 6.07) is 5.03.